The molecule has 0 radical (unpaired) electrons. The van der Waals surface area contributed by atoms with Crippen molar-refractivity contribution in [1.82, 2.24) is 9.97 Å². The molecule has 0 unspecified atom stereocenters. The van der Waals surface area contributed by atoms with Crippen LogP contribution in [-0.4, -0.2) is 16.5 Å². The van der Waals surface area contributed by atoms with Gasteiger partial charge in [-0.05, 0) is 61.9 Å². The van der Waals surface area contributed by atoms with Crippen LogP contribution in [0.4, 0.5) is 0 Å². The number of aryl methyl sites for hydroxylation is 2. The molecule has 2 heterocycles. The Bertz CT molecular complexity index is 1120. The van der Waals surface area contributed by atoms with Gasteiger partial charge in [-0.1, -0.05) is 50.2 Å². The van der Waals surface area contributed by atoms with E-state index in [1.165, 1.54) is 38.7 Å². The molecule has 144 valence electrons. The molecular formula is C25H29N3. The number of H-pyrrole nitrogens is 1. The highest BCUT2D eigenvalue weighted by Crippen LogP contribution is 2.37. The van der Waals surface area contributed by atoms with E-state index in [0.29, 0.717) is 5.92 Å². The van der Waals surface area contributed by atoms with E-state index < -0.39 is 0 Å². The van der Waals surface area contributed by atoms with E-state index in [1.54, 1.807) is 0 Å². The quantitative estimate of drug-likeness (QED) is 0.403. The second-order valence-corrected chi connectivity index (χ2v) is 7.97. The van der Waals surface area contributed by atoms with Crippen LogP contribution in [-0.2, 0) is 6.42 Å². The number of rotatable bonds is 6. The van der Waals surface area contributed by atoms with E-state index in [1.807, 2.05) is 6.92 Å². The van der Waals surface area contributed by atoms with Gasteiger partial charge in [0.2, 0.25) is 0 Å². The van der Waals surface area contributed by atoms with Gasteiger partial charge in [-0.25, -0.2) is 0 Å². The van der Waals surface area contributed by atoms with Gasteiger partial charge in [0.05, 0.1) is 11.2 Å². The molecule has 0 atom stereocenters. The van der Waals surface area contributed by atoms with E-state index in [-0.39, 0.29) is 0 Å². The monoisotopic (exact) mass is 371 g/mol. The SMILES string of the molecule is Cc1ccc2c(-c3[nH]c4c(C(C)C)cccc4c3CCCCN)cccc2n1. The molecule has 3 nitrogen and oxygen atoms in total. The van der Waals surface area contributed by atoms with Crippen LogP contribution in [0.25, 0.3) is 33.1 Å². The van der Waals surface area contributed by atoms with Crippen LogP contribution in [0, 0.1) is 6.92 Å². The Kier molecular flexibility index (Phi) is 5.19. The third kappa shape index (κ3) is 3.31. The van der Waals surface area contributed by atoms with Gasteiger partial charge < -0.3 is 10.7 Å². The Morgan fingerprint density at radius 1 is 0.964 bits per heavy atom. The van der Waals surface area contributed by atoms with Crippen LogP contribution in [0.2, 0.25) is 0 Å². The number of aromatic nitrogens is 2. The van der Waals surface area contributed by atoms with E-state index >= 15 is 0 Å². The van der Waals surface area contributed by atoms with Crippen molar-refractivity contribution in [1.29, 1.82) is 0 Å². The first-order valence-electron chi connectivity index (χ1n) is 10.3. The van der Waals surface area contributed by atoms with Crippen LogP contribution in [0.15, 0.2) is 48.5 Å². The highest BCUT2D eigenvalue weighted by Gasteiger charge is 2.18. The molecule has 0 aliphatic rings. The number of fused-ring (bicyclic) bond motifs is 2. The number of pyridine rings is 1. The predicted molar refractivity (Wildman–Crippen MR) is 120 cm³/mol. The third-order valence-corrected chi connectivity index (χ3v) is 5.62. The van der Waals surface area contributed by atoms with Crippen molar-refractivity contribution in [3.05, 3.63) is 65.4 Å². The summed E-state index contributed by atoms with van der Waals surface area (Å²) < 4.78 is 0. The number of para-hydroxylation sites is 1. The second-order valence-electron chi connectivity index (χ2n) is 7.97. The lowest BCUT2D eigenvalue weighted by Gasteiger charge is -2.09. The van der Waals surface area contributed by atoms with Crippen LogP contribution >= 0.6 is 0 Å². The van der Waals surface area contributed by atoms with E-state index in [0.717, 1.165) is 37.0 Å². The molecule has 0 aliphatic heterocycles. The maximum Gasteiger partial charge on any atom is 0.0711 e. The molecule has 0 fully saturated rings. The fourth-order valence-corrected chi connectivity index (χ4v) is 4.19. The first kappa shape index (κ1) is 18.7. The van der Waals surface area contributed by atoms with E-state index in [2.05, 4.69) is 67.4 Å². The van der Waals surface area contributed by atoms with Crippen LogP contribution in [0.1, 0.15) is 49.4 Å². The molecule has 4 aromatic rings. The normalized spacial score (nSPS) is 11.8. The molecule has 0 saturated heterocycles. The van der Waals surface area contributed by atoms with Crippen molar-refractivity contribution in [3.8, 4) is 11.3 Å². The van der Waals surface area contributed by atoms with Crippen molar-refractivity contribution >= 4 is 21.8 Å². The Balaban J connectivity index is 1.98. The van der Waals surface area contributed by atoms with E-state index in [4.69, 9.17) is 10.7 Å². The van der Waals surface area contributed by atoms with Crippen molar-refractivity contribution in [2.45, 2.75) is 46.0 Å². The summed E-state index contributed by atoms with van der Waals surface area (Å²) >= 11 is 0. The minimum Gasteiger partial charge on any atom is -0.354 e. The highest BCUT2D eigenvalue weighted by molar-refractivity contribution is 6.00. The number of hydrogen-bond acceptors (Lipinski definition) is 2. The van der Waals surface area contributed by atoms with Crippen molar-refractivity contribution < 1.29 is 0 Å². The lowest BCUT2D eigenvalue weighted by Crippen LogP contribution is -1.99. The Morgan fingerprint density at radius 2 is 1.79 bits per heavy atom. The number of hydrogen-bond donors (Lipinski definition) is 2. The Hall–Kier alpha value is -2.65. The van der Waals surface area contributed by atoms with Gasteiger partial charge in [-0.2, -0.15) is 0 Å². The number of nitrogens with one attached hydrogen (secondary N) is 1. The van der Waals surface area contributed by atoms with Gasteiger partial charge in [0, 0.05) is 27.5 Å². The summed E-state index contributed by atoms with van der Waals surface area (Å²) in [6, 6.07) is 17.4. The second kappa shape index (κ2) is 7.76. The summed E-state index contributed by atoms with van der Waals surface area (Å²) in [5, 5.41) is 2.54. The molecular weight excluding hydrogens is 342 g/mol. The molecule has 0 bridgehead atoms. The third-order valence-electron chi connectivity index (χ3n) is 5.62. The summed E-state index contributed by atoms with van der Waals surface area (Å²) in [5.74, 6) is 0.476. The lowest BCUT2D eigenvalue weighted by molar-refractivity contribution is 0.748. The Morgan fingerprint density at radius 3 is 2.57 bits per heavy atom. The molecule has 0 amide bonds. The molecule has 4 rings (SSSR count). The number of aromatic amines is 1. The Labute approximate surface area is 167 Å². The fraction of sp³-hybridized carbons (Fsp3) is 0.320. The predicted octanol–water partition coefficient (Wildman–Crippen LogP) is 6.10. The first-order chi connectivity index (χ1) is 13.6. The van der Waals surface area contributed by atoms with Crippen LogP contribution in [0.5, 0.6) is 0 Å². The number of nitrogens with zero attached hydrogens (tertiary/aromatic N) is 1. The summed E-state index contributed by atoms with van der Waals surface area (Å²) in [5.41, 5.74) is 14.4. The number of nitrogens with two attached hydrogens (primary N) is 1. The molecule has 0 saturated carbocycles. The van der Waals surface area contributed by atoms with Gasteiger partial charge >= 0.3 is 0 Å². The number of unbranched alkanes of at least 4 members (excludes halogenated alkanes) is 1. The molecule has 2 aromatic carbocycles. The van der Waals surface area contributed by atoms with Gasteiger partial charge in [0.15, 0.2) is 0 Å². The zero-order valence-electron chi connectivity index (χ0n) is 17.0. The van der Waals surface area contributed by atoms with Crippen LogP contribution < -0.4 is 5.73 Å². The summed E-state index contributed by atoms with van der Waals surface area (Å²) in [6.07, 6.45) is 3.18. The van der Waals surface area contributed by atoms with E-state index in [9.17, 15) is 0 Å². The topological polar surface area (TPSA) is 54.7 Å². The largest absolute Gasteiger partial charge is 0.354 e. The minimum absolute atomic E-state index is 0.476. The van der Waals surface area contributed by atoms with Gasteiger partial charge in [0.25, 0.3) is 0 Å². The fourth-order valence-electron chi connectivity index (χ4n) is 4.19. The summed E-state index contributed by atoms with van der Waals surface area (Å²) in [4.78, 5) is 8.54. The maximum atomic E-state index is 5.77. The zero-order chi connectivity index (χ0) is 19.7. The molecule has 0 aliphatic carbocycles. The van der Waals surface area contributed by atoms with Gasteiger partial charge in [-0.15, -0.1) is 0 Å². The molecule has 28 heavy (non-hydrogen) atoms. The average Bonchev–Trinajstić information content (AvgIpc) is 3.06. The lowest BCUT2D eigenvalue weighted by atomic mass is 9.95. The maximum absolute atomic E-state index is 5.77. The average molecular weight is 372 g/mol. The number of benzene rings is 2. The van der Waals surface area contributed by atoms with Crippen molar-refractivity contribution in [2.24, 2.45) is 5.73 Å². The molecule has 2 aromatic heterocycles. The van der Waals surface area contributed by atoms with Crippen molar-refractivity contribution in [3.63, 3.8) is 0 Å². The summed E-state index contributed by atoms with van der Waals surface area (Å²) in [7, 11) is 0. The molecule has 3 heteroatoms. The standard InChI is InChI=1S/C25H29N3/c1-16(2)18-9-6-10-22-21(8-4-5-15-26)25(28-24(18)22)20-11-7-12-23-19(20)14-13-17(3)27-23/h6-7,9-14,16,28H,4-5,8,15,26H2,1-3H3. The van der Waals surface area contributed by atoms with Gasteiger partial charge in [-0.3, -0.25) is 4.98 Å². The highest BCUT2D eigenvalue weighted by atomic mass is 14.7. The van der Waals surface area contributed by atoms with Gasteiger partial charge in [0.1, 0.15) is 0 Å². The summed E-state index contributed by atoms with van der Waals surface area (Å²) in [6.45, 7) is 7.30. The van der Waals surface area contributed by atoms with Crippen LogP contribution in [0.3, 0.4) is 0 Å². The minimum atomic E-state index is 0.476. The first-order valence-corrected chi connectivity index (χ1v) is 10.3. The van der Waals surface area contributed by atoms with Crippen molar-refractivity contribution in [2.75, 3.05) is 6.54 Å². The molecule has 3 N–H and O–H groups in total. The zero-order valence-corrected chi connectivity index (χ0v) is 17.0. The smallest absolute Gasteiger partial charge is 0.0711 e. The molecule has 0 spiro atoms.